The van der Waals surface area contributed by atoms with E-state index < -0.39 is 0 Å². The van der Waals surface area contributed by atoms with E-state index in [0.717, 1.165) is 21.5 Å². The second-order valence-corrected chi connectivity index (χ2v) is 8.08. The van der Waals surface area contributed by atoms with E-state index in [1.807, 2.05) is 37.3 Å². The Morgan fingerprint density at radius 1 is 1.20 bits per heavy atom. The molecule has 0 saturated carbocycles. The maximum Gasteiger partial charge on any atom is 0.264 e. The van der Waals surface area contributed by atoms with Gasteiger partial charge in [-0.1, -0.05) is 56.4 Å². The van der Waals surface area contributed by atoms with E-state index >= 15 is 0 Å². The summed E-state index contributed by atoms with van der Waals surface area (Å²) in [5.74, 6) is 0.509. The van der Waals surface area contributed by atoms with Crippen LogP contribution in [0.25, 0.3) is 10.2 Å². The molecule has 1 amide bonds. The number of ether oxygens (including phenoxy) is 1. The number of hydrogen-bond acceptors (Lipinski definition) is 4. The molecule has 3 rings (SSSR count). The topological polar surface area (TPSA) is 51.2 Å². The van der Waals surface area contributed by atoms with Gasteiger partial charge in [0.25, 0.3) is 5.91 Å². The van der Waals surface area contributed by atoms with E-state index in [4.69, 9.17) is 4.74 Å². The van der Waals surface area contributed by atoms with Crippen LogP contribution in [0.1, 0.15) is 31.9 Å². The molecular formula is C20H22N2O2S. The second kappa shape index (κ2) is 6.84. The Labute approximate surface area is 151 Å². The zero-order valence-electron chi connectivity index (χ0n) is 14.9. The molecule has 0 saturated heterocycles. The third kappa shape index (κ3) is 4.17. The lowest BCUT2D eigenvalue weighted by molar-refractivity contribution is -0.118. The first kappa shape index (κ1) is 17.4. The molecular weight excluding hydrogens is 332 g/mol. The predicted molar refractivity (Wildman–Crippen MR) is 104 cm³/mol. The molecule has 0 unspecified atom stereocenters. The maximum atomic E-state index is 12.1. The van der Waals surface area contributed by atoms with Crippen LogP contribution in [0.15, 0.2) is 42.5 Å². The van der Waals surface area contributed by atoms with Crippen LogP contribution < -0.4 is 10.1 Å². The molecule has 1 aromatic heterocycles. The van der Waals surface area contributed by atoms with Crippen LogP contribution in [0.5, 0.6) is 5.75 Å². The van der Waals surface area contributed by atoms with Gasteiger partial charge >= 0.3 is 0 Å². The normalized spacial score (nSPS) is 11.5. The summed E-state index contributed by atoms with van der Waals surface area (Å²) in [4.78, 5) is 16.6. The molecule has 130 valence electrons. The summed E-state index contributed by atoms with van der Waals surface area (Å²) in [6.45, 7) is 8.46. The van der Waals surface area contributed by atoms with Gasteiger partial charge in [-0.05, 0) is 41.7 Å². The molecule has 0 fully saturated rings. The molecule has 0 radical (unpaired) electrons. The molecule has 0 bridgehead atoms. The quantitative estimate of drug-likeness (QED) is 0.723. The fourth-order valence-electron chi connectivity index (χ4n) is 2.46. The van der Waals surface area contributed by atoms with Gasteiger partial charge in [0.1, 0.15) is 5.75 Å². The smallest absolute Gasteiger partial charge is 0.264 e. The average Bonchev–Trinajstić information content (AvgIpc) is 2.94. The van der Waals surface area contributed by atoms with Gasteiger partial charge in [-0.25, -0.2) is 4.98 Å². The zero-order valence-corrected chi connectivity index (χ0v) is 15.7. The lowest BCUT2D eigenvalue weighted by atomic mass is 9.87. The number of nitrogens with one attached hydrogen (secondary N) is 1. The second-order valence-electron chi connectivity index (χ2n) is 7.05. The highest BCUT2D eigenvalue weighted by molar-refractivity contribution is 7.22. The van der Waals surface area contributed by atoms with E-state index in [1.54, 1.807) is 0 Å². The monoisotopic (exact) mass is 354 g/mol. The number of thiazole rings is 1. The summed E-state index contributed by atoms with van der Waals surface area (Å²) in [7, 11) is 0. The molecule has 0 atom stereocenters. The van der Waals surface area contributed by atoms with Crippen molar-refractivity contribution in [1.82, 2.24) is 4.98 Å². The Morgan fingerprint density at radius 3 is 2.68 bits per heavy atom. The number of para-hydroxylation sites is 1. The molecule has 0 aliphatic heterocycles. The number of aromatic nitrogens is 1. The Balaban J connectivity index is 1.68. The predicted octanol–water partition coefficient (Wildman–Crippen LogP) is 4.92. The van der Waals surface area contributed by atoms with Gasteiger partial charge < -0.3 is 4.74 Å². The Bertz CT molecular complexity index is 909. The number of carbonyl (C=O) groups is 1. The number of rotatable bonds is 4. The van der Waals surface area contributed by atoms with Crippen molar-refractivity contribution in [3.05, 3.63) is 53.6 Å². The van der Waals surface area contributed by atoms with Crippen LogP contribution in [-0.2, 0) is 10.2 Å². The molecule has 1 N–H and O–H groups in total. The van der Waals surface area contributed by atoms with E-state index in [2.05, 4.69) is 43.2 Å². The Kier molecular flexibility index (Phi) is 4.77. The summed E-state index contributed by atoms with van der Waals surface area (Å²) < 4.78 is 6.65. The number of hydrogen-bond donors (Lipinski definition) is 1. The number of amides is 1. The molecule has 4 nitrogen and oxygen atoms in total. The number of nitrogens with zero attached hydrogens (tertiary/aromatic N) is 1. The van der Waals surface area contributed by atoms with Crippen LogP contribution >= 0.6 is 11.3 Å². The highest BCUT2D eigenvalue weighted by Gasteiger charge is 2.15. The van der Waals surface area contributed by atoms with Gasteiger partial charge in [0.05, 0.1) is 10.2 Å². The average molecular weight is 354 g/mol. The van der Waals surface area contributed by atoms with Gasteiger partial charge in [0.2, 0.25) is 0 Å². The van der Waals surface area contributed by atoms with Crippen molar-refractivity contribution in [2.24, 2.45) is 0 Å². The first-order valence-corrected chi connectivity index (χ1v) is 9.04. The molecule has 3 aromatic rings. The van der Waals surface area contributed by atoms with Crippen molar-refractivity contribution < 1.29 is 9.53 Å². The van der Waals surface area contributed by atoms with Gasteiger partial charge in [-0.3, -0.25) is 10.1 Å². The fraction of sp³-hybridized carbons (Fsp3) is 0.300. The van der Waals surface area contributed by atoms with E-state index in [-0.39, 0.29) is 17.9 Å². The standard InChI is InChI=1S/C20H22N2O2S/c1-13-7-5-6-8-16(13)24-12-18(23)22-19-21-15-10-9-14(20(2,3)4)11-17(15)25-19/h5-11H,12H2,1-4H3,(H,21,22,23). The molecule has 2 aromatic carbocycles. The van der Waals surface area contributed by atoms with E-state index in [1.165, 1.54) is 16.9 Å². The number of aryl methyl sites for hydroxylation is 1. The molecule has 0 aliphatic carbocycles. The highest BCUT2D eigenvalue weighted by atomic mass is 32.1. The van der Waals surface area contributed by atoms with Gasteiger partial charge in [-0.2, -0.15) is 0 Å². The van der Waals surface area contributed by atoms with Crippen LogP contribution in [-0.4, -0.2) is 17.5 Å². The third-order valence-corrected chi connectivity index (χ3v) is 4.89. The largest absolute Gasteiger partial charge is 0.483 e. The lowest BCUT2D eigenvalue weighted by Gasteiger charge is -2.18. The van der Waals surface area contributed by atoms with Crippen molar-refractivity contribution in [1.29, 1.82) is 0 Å². The van der Waals surface area contributed by atoms with E-state index in [0.29, 0.717) is 5.13 Å². The summed E-state index contributed by atoms with van der Waals surface area (Å²) in [5, 5.41) is 3.42. The van der Waals surface area contributed by atoms with Crippen LogP contribution in [0.2, 0.25) is 0 Å². The van der Waals surface area contributed by atoms with Crippen LogP contribution in [0, 0.1) is 6.92 Å². The number of carbonyl (C=O) groups excluding carboxylic acids is 1. The minimum Gasteiger partial charge on any atom is -0.483 e. The summed E-state index contributed by atoms with van der Waals surface area (Å²) in [5.41, 5.74) is 3.24. The molecule has 0 aliphatic rings. The Morgan fingerprint density at radius 2 is 1.96 bits per heavy atom. The highest BCUT2D eigenvalue weighted by Crippen LogP contribution is 2.31. The number of fused-ring (bicyclic) bond motifs is 1. The summed E-state index contributed by atoms with van der Waals surface area (Å²) >= 11 is 1.48. The van der Waals surface area contributed by atoms with Crippen LogP contribution in [0.3, 0.4) is 0 Å². The van der Waals surface area contributed by atoms with Gasteiger partial charge in [-0.15, -0.1) is 0 Å². The summed E-state index contributed by atoms with van der Waals surface area (Å²) in [6, 6.07) is 13.9. The van der Waals surface area contributed by atoms with Gasteiger partial charge in [0.15, 0.2) is 11.7 Å². The fourth-order valence-corrected chi connectivity index (χ4v) is 3.38. The lowest BCUT2D eigenvalue weighted by Crippen LogP contribution is -2.20. The first-order chi connectivity index (χ1) is 11.8. The Hall–Kier alpha value is -2.40. The van der Waals surface area contributed by atoms with Crippen molar-refractivity contribution >= 4 is 32.6 Å². The minimum absolute atomic E-state index is 0.0337. The maximum absolute atomic E-state index is 12.1. The number of anilines is 1. The SMILES string of the molecule is Cc1ccccc1OCC(=O)Nc1nc2ccc(C(C)(C)C)cc2s1. The van der Waals surface area contributed by atoms with Crippen molar-refractivity contribution in [3.63, 3.8) is 0 Å². The van der Waals surface area contributed by atoms with Crippen molar-refractivity contribution in [3.8, 4) is 5.75 Å². The van der Waals surface area contributed by atoms with E-state index in [9.17, 15) is 4.79 Å². The third-order valence-electron chi connectivity index (χ3n) is 3.95. The number of benzene rings is 2. The van der Waals surface area contributed by atoms with Crippen molar-refractivity contribution in [2.45, 2.75) is 33.1 Å². The molecule has 5 heteroatoms. The first-order valence-electron chi connectivity index (χ1n) is 8.22. The minimum atomic E-state index is -0.210. The summed E-state index contributed by atoms with van der Waals surface area (Å²) in [6.07, 6.45) is 0. The molecule has 0 spiro atoms. The van der Waals surface area contributed by atoms with Crippen molar-refractivity contribution in [2.75, 3.05) is 11.9 Å². The zero-order chi connectivity index (χ0) is 18.0. The van der Waals surface area contributed by atoms with Crippen LogP contribution in [0.4, 0.5) is 5.13 Å². The molecule has 1 heterocycles. The van der Waals surface area contributed by atoms with Gasteiger partial charge in [0, 0.05) is 0 Å². The molecule has 25 heavy (non-hydrogen) atoms.